The maximum absolute atomic E-state index is 12.5. The Hall–Kier alpha value is -4.11. The van der Waals surface area contributed by atoms with E-state index in [1.165, 1.54) is 11.8 Å². The second-order valence-corrected chi connectivity index (χ2v) is 8.47. The summed E-state index contributed by atoms with van der Waals surface area (Å²) < 4.78 is 12.5. The molecule has 0 saturated heterocycles. The molecule has 0 fully saturated rings. The van der Waals surface area contributed by atoms with Gasteiger partial charge in [-0.05, 0) is 55.5 Å². The van der Waals surface area contributed by atoms with Gasteiger partial charge in [-0.3, -0.25) is 9.36 Å². The van der Waals surface area contributed by atoms with Gasteiger partial charge in [-0.1, -0.05) is 41.6 Å². The van der Waals surface area contributed by atoms with Crippen LogP contribution in [0.25, 0.3) is 17.1 Å². The van der Waals surface area contributed by atoms with Gasteiger partial charge in [0.1, 0.15) is 11.5 Å². The molecule has 1 aromatic heterocycles. The largest absolute Gasteiger partial charge is 0.497 e. The summed E-state index contributed by atoms with van der Waals surface area (Å²) in [4.78, 5) is 12.5. The Morgan fingerprint density at radius 3 is 2.46 bits per heavy atom. The molecule has 0 saturated carbocycles. The second kappa shape index (κ2) is 11.3. The van der Waals surface area contributed by atoms with Crippen LogP contribution >= 0.6 is 11.8 Å². The number of rotatable bonds is 9. The highest BCUT2D eigenvalue weighted by molar-refractivity contribution is 7.99. The van der Waals surface area contributed by atoms with Gasteiger partial charge in [0.05, 0.1) is 26.2 Å². The van der Waals surface area contributed by atoms with Crippen LogP contribution in [0.15, 0.2) is 83.1 Å². The first-order chi connectivity index (χ1) is 17.1. The van der Waals surface area contributed by atoms with Crippen LogP contribution in [0.3, 0.4) is 0 Å². The Morgan fingerprint density at radius 1 is 1.00 bits per heavy atom. The minimum atomic E-state index is -0.259. The number of aryl methyl sites for hydroxylation is 1. The van der Waals surface area contributed by atoms with Gasteiger partial charge in [-0.25, -0.2) is 5.43 Å². The highest BCUT2D eigenvalue weighted by Crippen LogP contribution is 2.29. The van der Waals surface area contributed by atoms with E-state index in [4.69, 9.17) is 9.47 Å². The number of nitrogens with one attached hydrogen (secondary N) is 1. The first-order valence-corrected chi connectivity index (χ1v) is 11.8. The zero-order chi connectivity index (χ0) is 24.6. The van der Waals surface area contributed by atoms with Crippen LogP contribution < -0.4 is 14.9 Å². The number of benzene rings is 3. The van der Waals surface area contributed by atoms with Crippen molar-refractivity contribution in [3.63, 3.8) is 0 Å². The molecule has 0 atom stereocenters. The van der Waals surface area contributed by atoms with Gasteiger partial charge in [0.15, 0.2) is 11.0 Å². The lowest BCUT2D eigenvalue weighted by atomic mass is 10.2. The lowest BCUT2D eigenvalue weighted by Gasteiger charge is -2.11. The molecular formula is C26H25N5O3S. The molecule has 1 amide bonds. The fourth-order valence-electron chi connectivity index (χ4n) is 3.33. The predicted octanol–water partition coefficient (Wildman–Crippen LogP) is 4.50. The van der Waals surface area contributed by atoms with Gasteiger partial charge in [-0.15, -0.1) is 10.2 Å². The first-order valence-electron chi connectivity index (χ1n) is 10.8. The molecule has 3 aromatic carbocycles. The molecular weight excluding hydrogens is 462 g/mol. The number of methoxy groups -OCH3 is 2. The monoisotopic (exact) mass is 487 g/mol. The molecule has 4 aromatic rings. The van der Waals surface area contributed by atoms with Crippen molar-refractivity contribution in [2.75, 3.05) is 20.0 Å². The van der Waals surface area contributed by atoms with Gasteiger partial charge >= 0.3 is 0 Å². The van der Waals surface area contributed by atoms with Gasteiger partial charge < -0.3 is 9.47 Å². The van der Waals surface area contributed by atoms with E-state index in [-0.39, 0.29) is 11.7 Å². The van der Waals surface area contributed by atoms with E-state index in [0.29, 0.717) is 16.7 Å². The number of hydrogen-bond donors (Lipinski definition) is 1. The molecule has 0 aliphatic carbocycles. The molecule has 35 heavy (non-hydrogen) atoms. The van der Waals surface area contributed by atoms with Crippen LogP contribution in [0.4, 0.5) is 0 Å². The topological polar surface area (TPSA) is 90.6 Å². The number of nitrogens with zero attached hydrogens (tertiary/aromatic N) is 4. The molecule has 0 aliphatic rings. The van der Waals surface area contributed by atoms with Crippen molar-refractivity contribution in [2.24, 2.45) is 5.10 Å². The van der Waals surface area contributed by atoms with Crippen LogP contribution in [0.5, 0.6) is 11.5 Å². The third-order valence-electron chi connectivity index (χ3n) is 5.14. The number of hydrazone groups is 1. The number of hydrogen-bond acceptors (Lipinski definition) is 7. The van der Waals surface area contributed by atoms with Crippen molar-refractivity contribution in [2.45, 2.75) is 12.1 Å². The molecule has 1 N–H and O–H groups in total. The van der Waals surface area contributed by atoms with E-state index in [0.717, 1.165) is 28.1 Å². The Labute approximate surface area is 208 Å². The number of thioether (sulfide) groups is 1. The summed E-state index contributed by atoms with van der Waals surface area (Å²) in [5.41, 5.74) is 6.26. The summed E-state index contributed by atoms with van der Waals surface area (Å²) >= 11 is 1.29. The van der Waals surface area contributed by atoms with E-state index in [1.807, 2.05) is 84.3 Å². The van der Waals surface area contributed by atoms with Crippen molar-refractivity contribution >= 4 is 23.9 Å². The molecule has 0 unspecified atom stereocenters. The standard InChI is InChI=1S/C26H25N5O3S/c1-18-8-12-21(13-9-18)31-25(19-10-14-22(33-2)15-11-19)29-30-26(31)35-17-24(32)28-27-16-20-6-4-5-7-23(20)34-3/h4-16H,17H2,1-3H3,(H,28,32)/b27-16-. The van der Waals surface area contributed by atoms with Crippen LogP contribution in [0, 0.1) is 6.92 Å². The van der Waals surface area contributed by atoms with Crippen LogP contribution in [0.2, 0.25) is 0 Å². The lowest BCUT2D eigenvalue weighted by Crippen LogP contribution is -2.20. The molecule has 0 bridgehead atoms. The number of carbonyl (C=O) groups excluding carboxylic acids is 1. The van der Waals surface area contributed by atoms with Gasteiger partial charge in [0.25, 0.3) is 5.91 Å². The lowest BCUT2D eigenvalue weighted by molar-refractivity contribution is -0.118. The fourth-order valence-corrected chi connectivity index (χ4v) is 4.07. The van der Waals surface area contributed by atoms with Crippen molar-refractivity contribution in [3.05, 3.63) is 83.9 Å². The van der Waals surface area contributed by atoms with Gasteiger partial charge in [0, 0.05) is 16.8 Å². The van der Waals surface area contributed by atoms with Gasteiger partial charge in [0.2, 0.25) is 0 Å². The summed E-state index contributed by atoms with van der Waals surface area (Å²) in [7, 11) is 3.22. The van der Waals surface area contributed by atoms with Crippen molar-refractivity contribution in [1.82, 2.24) is 20.2 Å². The number of carbonyl (C=O) groups is 1. The summed E-state index contributed by atoms with van der Waals surface area (Å²) in [5.74, 6) is 1.97. The number of aromatic nitrogens is 3. The van der Waals surface area contributed by atoms with E-state index in [2.05, 4.69) is 20.7 Å². The molecule has 0 spiro atoms. The Bertz CT molecular complexity index is 1320. The van der Waals surface area contributed by atoms with Crippen LogP contribution in [0.1, 0.15) is 11.1 Å². The Balaban J connectivity index is 1.52. The average molecular weight is 488 g/mol. The van der Waals surface area contributed by atoms with E-state index in [1.54, 1.807) is 20.4 Å². The summed E-state index contributed by atoms with van der Waals surface area (Å²) in [5, 5.41) is 13.4. The molecule has 0 radical (unpaired) electrons. The van der Waals surface area contributed by atoms with Crippen molar-refractivity contribution in [1.29, 1.82) is 0 Å². The predicted molar refractivity (Wildman–Crippen MR) is 138 cm³/mol. The normalized spacial score (nSPS) is 10.9. The quantitative estimate of drug-likeness (QED) is 0.212. The summed E-state index contributed by atoms with van der Waals surface area (Å²) in [6.07, 6.45) is 1.55. The molecule has 9 heteroatoms. The fraction of sp³-hybridized carbons (Fsp3) is 0.154. The zero-order valence-electron chi connectivity index (χ0n) is 19.6. The third kappa shape index (κ3) is 5.88. The van der Waals surface area contributed by atoms with E-state index >= 15 is 0 Å². The van der Waals surface area contributed by atoms with Crippen molar-refractivity contribution < 1.29 is 14.3 Å². The molecule has 178 valence electrons. The average Bonchev–Trinajstić information content (AvgIpc) is 3.32. The SMILES string of the molecule is COc1ccc(-c2nnc(SCC(=O)N/N=C\c3ccccc3OC)n2-c2ccc(C)cc2)cc1. The Kier molecular flexibility index (Phi) is 7.79. The highest BCUT2D eigenvalue weighted by atomic mass is 32.2. The molecule has 1 heterocycles. The third-order valence-corrected chi connectivity index (χ3v) is 6.07. The molecule has 8 nitrogen and oxygen atoms in total. The number of para-hydroxylation sites is 1. The smallest absolute Gasteiger partial charge is 0.250 e. The molecule has 4 rings (SSSR count). The van der Waals surface area contributed by atoms with E-state index < -0.39 is 0 Å². The van der Waals surface area contributed by atoms with Gasteiger partial charge in [-0.2, -0.15) is 5.10 Å². The van der Waals surface area contributed by atoms with E-state index in [9.17, 15) is 4.79 Å². The zero-order valence-corrected chi connectivity index (χ0v) is 20.5. The first kappa shape index (κ1) is 24.0. The second-order valence-electron chi connectivity index (χ2n) is 7.53. The summed E-state index contributed by atoms with van der Waals surface area (Å²) in [6, 6.07) is 23.1. The Morgan fingerprint density at radius 2 is 1.74 bits per heavy atom. The minimum Gasteiger partial charge on any atom is -0.497 e. The maximum atomic E-state index is 12.5. The van der Waals surface area contributed by atoms with Crippen LogP contribution in [-0.4, -0.2) is 46.9 Å². The highest BCUT2D eigenvalue weighted by Gasteiger charge is 2.17. The maximum Gasteiger partial charge on any atom is 0.250 e. The number of amides is 1. The molecule has 0 aliphatic heterocycles. The van der Waals surface area contributed by atoms with Crippen molar-refractivity contribution in [3.8, 4) is 28.6 Å². The number of ether oxygens (including phenoxy) is 2. The van der Waals surface area contributed by atoms with Crippen LogP contribution in [-0.2, 0) is 4.79 Å². The summed E-state index contributed by atoms with van der Waals surface area (Å²) in [6.45, 7) is 2.03. The minimum absolute atomic E-state index is 0.121.